The first kappa shape index (κ1) is 17.3. The largest absolute Gasteiger partial charge is 0.478 e. The van der Waals surface area contributed by atoms with Crippen LogP contribution in [0, 0.1) is 0 Å². The molecule has 0 fully saturated rings. The highest BCUT2D eigenvalue weighted by atomic mass is 32.2. The summed E-state index contributed by atoms with van der Waals surface area (Å²) < 4.78 is 24.2. The van der Waals surface area contributed by atoms with E-state index in [1.165, 1.54) is 0 Å². The van der Waals surface area contributed by atoms with Crippen molar-refractivity contribution in [1.29, 1.82) is 0 Å². The summed E-state index contributed by atoms with van der Waals surface area (Å²) in [6.07, 6.45) is 2.20. The van der Waals surface area contributed by atoms with Crippen LogP contribution in [0.25, 0.3) is 0 Å². The number of hydrogen-bond donors (Lipinski definition) is 3. The fourth-order valence-corrected chi connectivity index (χ4v) is 2.42. The Morgan fingerprint density at radius 3 is 2.33 bits per heavy atom. The summed E-state index contributed by atoms with van der Waals surface area (Å²) in [5, 5.41) is 20.1. The number of carbonyl (C=O) groups is 1. The van der Waals surface area contributed by atoms with Gasteiger partial charge in [0.2, 0.25) is 10.0 Å². The average Bonchev–Trinajstić information content (AvgIpc) is 2.41. The molecule has 0 bridgehead atoms. The van der Waals surface area contributed by atoms with Crippen LogP contribution >= 0.6 is 0 Å². The van der Waals surface area contributed by atoms with Gasteiger partial charge in [-0.3, -0.25) is 0 Å². The maximum absolute atomic E-state index is 11.4. The lowest BCUT2D eigenvalue weighted by Crippen LogP contribution is -2.28. The van der Waals surface area contributed by atoms with E-state index in [1.807, 2.05) is 13.8 Å². The molecule has 1 aromatic rings. The zero-order chi connectivity index (χ0) is 16.0. The number of carboxylic acid groups (broad SMARTS) is 1. The molecular weight excluding hydrogens is 296 g/mol. The predicted molar refractivity (Wildman–Crippen MR) is 79.1 cm³/mol. The number of sulfonamides is 1. The van der Waals surface area contributed by atoms with Crippen LogP contribution < -0.4 is 10.0 Å². The van der Waals surface area contributed by atoms with Crippen LogP contribution in [-0.2, 0) is 22.9 Å². The number of anilines is 1. The van der Waals surface area contributed by atoms with Crippen molar-refractivity contribution in [3.63, 3.8) is 0 Å². The lowest BCUT2D eigenvalue weighted by atomic mass is 10.0. The van der Waals surface area contributed by atoms with E-state index in [0.29, 0.717) is 24.1 Å². The predicted octanol–water partition coefficient (Wildman–Crippen LogP) is 0.261. The Labute approximate surface area is 124 Å². The first-order valence-corrected chi connectivity index (χ1v) is 8.49. The number of aromatic carboxylic acids is 1. The monoisotopic (exact) mass is 316 g/mol. The first-order chi connectivity index (χ1) is 9.80. The molecule has 21 heavy (non-hydrogen) atoms. The van der Waals surface area contributed by atoms with Crippen molar-refractivity contribution in [2.45, 2.75) is 26.7 Å². The average molecular weight is 316 g/mol. The molecule has 8 nitrogen and oxygen atoms in total. The standard InChI is InChI=1S/C12H20N4O4S/c1-4-8-9(5-2)15-16-11(10(8)12(17)18)13-6-7-14-21(3,19)20/h14H,4-7H2,1-3H3,(H,13,16)(H,17,18). The van der Waals surface area contributed by atoms with Crippen molar-refractivity contribution < 1.29 is 18.3 Å². The summed E-state index contributed by atoms with van der Waals surface area (Å²) in [5.41, 5.74) is 1.41. The normalized spacial score (nSPS) is 11.4. The smallest absolute Gasteiger partial charge is 0.339 e. The van der Waals surface area contributed by atoms with Gasteiger partial charge in [0, 0.05) is 13.1 Å². The Kier molecular flexibility index (Phi) is 6.03. The van der Waals surface area contributed by atoms with Crippen molar-refractivity contribution in [2.75, 3.05) is 24.7 Å². The molecule has 3 N–H and O–H groups in total. The van der Waals surface area contributed by atoms with Crippen LogP contribution in [0.15, 0.2) is 0 Å². The zero-order valence-corrected chi connectivity index (χ0v) is 13.1. The SMILES string of the molecule is CCc1nnc(NCCNS(C)(=O)=O)c(C(=O)O)c1CC. The fourth-order valence-electron chi connectivity index (χ4n) is 1.94. The number of carboxylic acids is 1. The van der Waals surface area contributed by atoms with E-state index < -0.39 is 16.0 Å². The van der Waals surface area contributed by atoms with Crippen molar-refractivity contribution in [3.05, 3.63) is 16.8 Å². The number of rotatable bonds is 8. The van der Waals surface area contributed by atoms with Gasteiger partial charge in [0.15, 0.2) is 5.82 Å². The first-order valence-electron chi connectivity index (χ1n) is 6.60. The maximum Gasteiger partial charge on any atom is 0.339 e. The summed E-state index contributed by atoms with van der Waals surface area (Å²) in [7, 11) is -3.27. The molecule has 0 radical (unpaired) electrons. The van der Waals surface area contributed by atoms with E-state index in [0.717, 1.165) is 6.26 Å². The minimum absolute atomic E-state index is 0.101. The Bertz CT molecular complexity index is 616. The van der Waals surface area contributed by atoms with Crippen molar-refractivity contribution >= 4 is 21.8 Å². The minimum Gasteiger partial charge on any atom is -0.478 e. The third-order valence-corrected chi connectivity index (χ3v) is 3.57. The molecular formula is C12H20N4O4S. The lowest BCUT2D eigenvalue weighted by molar-refractivity contribution is 0.0696. The van der Waals surface area contributed by atoms with Crippen molar-refractivity contribution in [3.8, 4) is 0 Å². The maximum atomic E-state index is 11.4. The van der Waals surface area contributed by atoms with Gasteiger partial charge >= 0.3 is 5.97 Å². The van der Waals surface area contributed by atoms with Crippen LogP contribution in [-0.4, -0.2) is 49.0 Å². The van der Waals surface area contributed by atoms with Gasteiger partial charge in [0.25, 0.3) is 0 Å². The molecule has 0 saturated heterocycles. The number of nitrogens with zero attached hydrogens (tertiary/aromatic N) is 2. The van der Waals surface area contributed by atoms with Gasteiger partial charge in [-0.25, -0.2) is 17.9 Å². The Hall–Kier alpha value is -1.74. The van der Waals surface area contributed by atoms with Gasteiger partial charge in [0.05, 0.1) is 11.9 Å². The number of nitrogens with one attached hydrogen (secondary N) is 2. The number of aryl methyl sites for hydroxylation is 1. The minimum atomic E-state index is -3.27. The molecule has 0 unspecified atom stereocenters. The second kappa shape index (κ2) is 7.32. The molecule has 0 spiro atoms. The highest BCUT2D eigenvalue weighted by Crippen LogP contribution is 2.20. The van der Waals surface area contributed by atoms with Crippen molar-refractivity contribution in [1.82, 2.24) is 14.9 Å². The molecule has 0 amide bonds. The van der Waals surface area contributed by atoms with Gasteiger partial charge in [-0.1, -0.05) is 13.8 Å². The van der Waals surface area contributed by atoms with E-state index in [9.17, 15) is 18.3 Å². The Balaban J connectivity index is 2.94. The van der Waals surface area contributed by atoms with Crippen LogP contribution in [0.2, 0.25) is 0 Å². The molecule has 0 aliphatic heterocycles. The highest BCUT2D eigenvalue weighted by Gasteiger charge is 2.20. The van der Waals surface area contributed by atoms with E-state index in [2.05, 4.69) is 20.2 Å². The van der Waals surface area contributed by atoms with Crippen LogP contribution in [0.4, 0.5) is 5.82 Å². The molecule has 1 rings (SSSR count). The van der Waals surface area contributed by atoms with Crippen LogP contribution in [0.1, 0.15) is 35.5 Å². The second-order valence-electron chi connectivity index (χ2n) is 4.45. The van der Waals surface area contributed by atoms with Crippen molar-refractivity contribution in [2.24, 2.45) is 0 Å². The third kappa shape index (κ3) is 4.94. The third-order valence-electron chi connectivity index (χ3n) is 2.84. The van der Waals surface area contributed by atoms with Crippen LogP contribution in [0.3, 0.4) is 0 Å². The molecule has 0 aliphatic rings. The summed E-state index contributed by atoms with van der Waals surface area (Å²) >= 11 is 0. The van der Waals surface area contributed by atoms with E-state index in [-0.39, 0.29) is 24.5 Å². The molecule has 1 aromatic heterocycles. The van der Waals surface area contributed by atoms with E-state index in [1.54, 1.807) is 0 Å². The second-order valence-corrected chi connectivity index (χ2v) is 6.29. The topological polar surface area (TPSA) is 121 Å². The van der Waals surface area contributed by atoms with E-state index >= 15 is 0 Å². The molecule has 0 aliphatic carbocycles. The van der Waals surface area contributed by atoms with Gasteiger partial charge in [-0.05, 0) is 18.4 Å². The Morgan fingerprint density at radius 2 is 1.86 bits per heavy atom. The summed E-state index contributed by atoms with van der Waals surface area (Å²) in [5.74, 6) is -0.915. The quantitative estimate of drug-likeness (QED) is 0.588. The van der Waals surface area contributed by atoms with Gasteiger partial charge in [0.1, 0.15) is 5.56 Å². The lowest BCUT2D eigenvalue weighted by Gasteiger charge is -2.13. The fraction of sp³-hybridized carbons (Fsp3) is 0.583. The summed E-state index contributed by atoms with van der Waals surface area (Å²) in [6, 6.07) is 0. The van der Waals surface area contributed by atoms with Gasteiger partial charge in [-0.2, -0.15) is 5.10 Å². The highest BCUT2D eigenvalue weighted by molar-refractivity contribution is 7.88. The molecule has 0 atom stereocenters. The molecule has 9 heteroatoms. The summed E-state index contributed by atoms with van der Waals surface area (Å²) in [6.45, 7) is 4.10. The van der Waals surface area contributed by atoms with E-state index in [4.69, 9.17) is 0 Å². The zero-order valence-electron chi connectivity index (χ0n) is 12.3. The number of hydrogen-bond acceptors (Lipinski definition) is 6. The molecule has 1 heterocycles. The van der Waals surface area contributed by atoms with Crippen LogP contribution in [0.5, 0.6) is 0 Å². The molecule has 0 aromatic carbocycles. The Morgan fingerprint density at radius 1 is 1.19 bits per heavy atom. The van der Waals surface area contributed by atoms with Gasteiger partial charge in [-0.15, -0.1) is 5.10 Å². The number of aromatic nitrogens is 2. The molecule has 0 saturated carbocycles. The summed E-state index contributed by atoms with van der Waals surface area (Å²) in [4.78, 5) is 11.4. The molecule has 118 valence electrons. The van der Waals surface area contributed by atoms with Gasteiger partial charge < -0.3 is 10.4 Å².